The predicted molar refractivity (Wildman–Crippen MR) is 66.8 cm³/mol. The van der Waals surface area contributed by atoms with Gasteiger partial charge in [0, 0.05) is 18.7 Å². The lowest BCUT2D eigenvalue weighted by atomic mass is 9.70. The molecule has 0 heterocycles. The number of halogens is 3. The van der Waals surface area contributed by atoms with Crippen molar-refractivity contribution in [1.29, 1.82) is 0 Å². The number of alkyl halides is 3. The Labute approximate surface area is 111 Å². The Bertz CT molecular complexity index is 427. The second-order valence-electron chi connectivity index (χ2n) is 5.42. The highest BCUT2D eigenvalue weighted by atomic mass is 19.4. The molecule has 1 aromatic rings. The second-order valence-corrected chi connectivity index (χ2v) is 5.42. The monoisotopic (exact) mass is 273 g/mol. The molecular weight excluding hydrogens is 255 g/mol. The first kappa shape index (κ1) is 14.2. The Morgan fingerprint density at radius 3 is 2.53 bits per heavy atom. The van der Waals surface area contributed by atoms with E-state index < -0.39 is 6.36 Å². The molecule has 106 valence electrons. The van der Waals surface area contributed by atoms with Gasteiger partial charge in [-0.2, -0.15) is 0 Å². The van der Waals surface area contributed by atoms with Gasteiger partial charge in [0.25, 0.3) is 0 Å². The van der Waals surface area contributed by atoms with Gasteiger partial charge in [-0.05, 0) is 24.3 Å². The lowest BCUT2D eigenvalue weighted by Gasteiger charge is -2.38. The van der Waals surface area contributed by atoms with Crippen molar-refractivity contribution >= 4 is 0 Å². The van der Waals surface area contributed by atoms with Crippen LogP contribution in [0.15, 0.2) is 24.3 Å². The van der Waals surface area contributed by atoms with Crippen molar-refractivity contribution < 1.29 is 17.9 Å². The molecule has 1 aromatic carbocycles. The summed E-state index contributed by atoms with van der Waals surface area (Å²) in [5, 5.41) is 3.22. The standard InChI is InChI=1S/C14H18F3NO/c1-13(7-4-8-13)10-18-9-11-5-2-3-6-12(11)19-14(15,16)17/h2-3,5-6,18H,4,7-10H2,1H3. The van der Waals surface area contributed by atoms with Crippen LogP contribution in [0.5, 0.6) is 5.75 Å². The molecule has 0 atom stereocenters. The van der Waals surface area contributed by atoms with Gasteiger partial charge in [0.2, 0.25) is 0 Å². The number of ether oxygens (including phenoxy) is 1. The molecule has 1 aliphatic carbocycles. The maximum atomic E-state index is 12.3. The quantitative estimate of drug-likeness (QED) is 0.879. The smallest absolute Gasteiger partial charge is 0.405 e. The summed E-state index contributed by atoms with van der Waals surface area (Å²) in [5.41, 5.74) is 0.836. The number of rotatable bonds is 5. The van der Waals surface area contributed by atoms with Gasteiger partial charge in [-0.25, -0.2) is 0 Å². The molecule has 1 aliphatic rings. The summed E-state index contributed by atoms with van der Waals surface area (Å²) in [6.45, 7) is 3.41. The van der Waals surface area contributed by atoms with Gasteiger partial charge in [-0.1, -0.05) is 31.5 Å². The van der Waals surface area contributed by atoms with Gasteiger partial charge < -0.3 is 10.1 Å². The first-order chi connectivity index (χ1) is 8.88. The zero-order valence-corrected chi connectivity index (χ0v) is 10.9. The van der Waals surface area contributed by atoms with Crippen LogP contribution in [0.1, 0.15) is 31.7 Å². The number of para-hydroxylation sites is 1. The van der Waals surface area contributed by atoms with Gasteiger partial charge in [0.1, 0.15) is 5.75 Å². The van der Waals surface area contributed by atoms with Crippen LogP contribution < -0.4 is 10.1 Å². The Kier molecular flexibility index (Phi) is 4.04. The minimum atomic E-state index is -4.64. The fourth-order valence-corrected chi connectivity index (χ4v) is 2.33. The van der Waals surface area contributed by atoms with Crippen LogP contribution in [0.4, 0.5) is 13.2 Å². The van der Waals surface area contributed by atoms with Crippen molar-refractivity contribution in [2.24, 2.45) is 5.41 Å². The highest BCUT2D eigenvalue weighted by molar-refractivity contribution is 5.33. The average Bonchev–Trinajstić information content (AvgIpc) is 2.27. The van der Waals surface area contributed by atoms with Crippen LogP contribution >= 0.6 is 0 Å². The molecular formula is C14H18F3NO. The molecule has 0 amide bonds. The van der Waals surface area contributed by atoms with Crippen molar-refractivity contribution in [3.05, 3.63) is 29.8 Å². The van der Waals surface area contributed by atoms with Crippen LogP contribution in [0.3, 0.4) is 0 Å². The summed E-state index contributed by atoms with van der Waals surface area (Å²) in [7, 11) is 0. The largest absolute Gasteiger partial charge is 0.573 e. The van der Waals surface area contributed by atoms with Crippen molar-refractivity contribution in [2.45, 2.75) is 39.1 Å². The number of hydrogen-bond acceptors (Lipinski definition) is 2. The highest BCUT2D eigenvalue weighted by Crippen LogP contribution is 2.39. The molecule has 1 N–H and O–H groups in total. The highest BCUT2D eigenvalue weighted by Gasteiger charge is 2.33. The van der Waals surface area contributed by atoms with Crippen LogP contribution in [0, 0.1) is 5.41 Å². The van der Waals surface area contributed by atoms with Crippen LogP contribution in [0.2, 0.25) is 0 Å². The lowest BCUT2D eigenvalue weighted by Crippen LogP contribution is -2.37. The Morgan fingerprint density at radius 1 is 1.26 bits per heavy atom. The topological polar surface area (TPSA) is 21.3 Å². The number of nitrogens with one attached hydrogen (secondary N) is 1. The van der Waals surface area contributed by atoms with E-state index in [2.05, 4.69) is 17.0 Å². The molecule has 2 rings (SSSR count). The zero-order chi connectivity index (χ0) is 13.9. The normalized spacial score (nSPS) is 17.9. The van der Waals surface area contributed by atoms with E-state index in [1.807, 2.05) is 0 Å². The molecule has 0 bridgehead atoms. The third kappa shape index (κ3) is 4.13. The van der Waals surface area contributed by atoms with E-state index >= 15 is 0 Å². The molecule has 19 heavy (non-hydrogen) atoms. The predicted octanol–water partition coefficient (Wildman–Crippen LogP) is 3.87. The summed E-state index contributed by atoms with van der Waals surface area (Å²) in [4.78, 5) is 0. The Hall–Kier alpha value is -1.23. The lowest BCUT2D eigenvalue weighted by molar-refractivity contribution is -0.274. The van der Waals surface area contributed by atoms with E-state index in [4.69, 9.17) is 0 Å². The SMILES string of the molecule is CC1(CNCc2ccccc2OC(F)(F)F)CCC1. The van der Waals surface area contributed by atoms with E-state index in [0.29, 0.717) is 17.5 Å². The van der Waals surface area contributed by atoms with E-state index in [0.717, 1.165) is 6.54 Å². The second kappa shape index (κ2) is 5.41. The average molecular weight is 273 g/mol. The summed E-state index contributed by atoms with van der Waals surface area (Å²) in [6.07, 6.45) is -1.04. The molecule has 2 nitrogen and oxygen atoms in total. The van der Waals surface area contributed by atoms with Crippen molar-refractivity contribution in [3.8, 4) is 5.75 Å². The van der Waals surface area contributed by atoms with Gasteiger partial charge in [-0.15, -0.1) is 13.2 Å². The summed E-state index contributed by atoms with van der Waals surface area (Å²) in [5.74, 6) is -0.124. The van der Waals surface area contributed by atoms with E-state index in [1.165, 1.54) is 31.4 Å². The third-order valence-corrected chi connectivity index (χ3v) is 3.63. The molecule has 0 aliphatic heterocycles. The molecule has 1 saturated carbocycles. The van der Waals surface area contributed by atoms with Crippen molar-refractivity contribution in [1.82, 2.24) is 5.32 Å². The summed E-state index contributed by atoms with van der Waals surface area (Å²) in [6, 6.07) is 6.25. The molecule has 0 aromatic heterocycles. The third-order valence-electron chi connectivity index (χ3n) is 3.63. The summed E-state index contributed by atoms with van der Waals surface area (Å²) >= 11 is 0. The molecule has 0 saturated heterocycles. The van der Waals surface area contributed by atoms with Crippen LogP contribution in [-0.2, 0) is 6.54 Å². The molecule has 0 spiro atoms. The van der Waals surface area contributed by atoms with Crippen molar-refractivity contribution in [2.75, 3.05) is 6.54 Å². The number of hydrogen-bond donors (Lipinski definition) is 1. The van der Waals surface area contributed by atoms with Crippen molar-refractivity contribution in [3.63, 3.8) is 0 Å². The van der Waals surface area contributed by atoms with E-state index in [-0.39, 0.29) is 5.75 Å². The first-order valence-corrected chi connectivity index (χ1v) is 6.42. The fraction of sp³-hybridized carbons (Fsp3) is 0.571. The van der Waals surface area contributed by atoms with Gasteiger partial charge in [0.15, 0.2) is 0 Å². The molecule has 1 fully saturated rings. The molecule has 0 unspecified atom stereocenters. The molecule has 5 heteroatoms. The zero-order valence-electron chi connectivity index (χ0n) is 10.9. The Morgan fingerprint density at radius 2 is 1.95 bits per heavy atom. The summed E-state index contributed by atoms with van der Waals surface area (Å²) < 4.78 is 40.8. The van der Waals surface area contributed by atoms with Crippen LogP contribution in [0.25, 0.3) is 0 Å². The van der Waals surface area contributed by atoms with Crippen LogP contribution in [-0.4, -0.2) is 12.9 Å². The first-order valence-electron chi connectivity index (χ1n) is 6.42. The fourth-order valence-electron chi connectivity index (χ4n) is 2.33. The maximum Gasteiger partial charge on any atom is 0.573 e. The maximum absolute atomic E-state index is 12.3. The number of benzene rings is 1. The van der Waals surface area contributed by atoms with Gasteiger partial charge in [0.05, 0.1) is 0 Å². The molecule has 0 radical (unpaired) electrons. The van der Waals surface area contributed by atoms with E-state index in [1.54, 1.807) is 12.1 Å². The van der Waals surface area contributed by atoms with Gasteiger partial charge >= 0.3 is 6.36 Å². The minimum absolute atomic E-state index is 0.124. The minimum Gasteiger partial charge on any atom is -0.405 e. The Balaban J connectivity index is 1.92. The van der Waals surface area contributed by atoms with E-state index in [9.17, 15) is 13.2 Å². The van der Waals surface area contributed by atoms with Gasteiger partial charge in [-0.3, -0.25) is 0 Å².